The fourth-order valence-corrected chi connectivity index (χ4v) is 2.91. The summed E-state index contributed by atoms with van der Waals surface area (Å²) in [5, 5.41) is 3.32. The van der Waals surface area contributed by atoms with Crippen LogP contribution in [0.2, 0.25) is 0 Å². The van der Waals surface area contributed by atoms with Gasteiger partial charge in [0, 0.05) is 24.8 Å². The van der Waals surface area contributed by atoms with Crippen LogP contribution in [0.3, 0.4) is 0 Å². The quantitative estimate of drug-likeness (QED) is 0.831. The van der Waals surface area contributed by atoms with Gasteiger partial charge in [-0.15, -0.1) is 0 Å². The number of likely N-dealkylation sites (N-methyl/N-ethyl adjacent to an activating group) is 1. The molecule has 0 saturated heterocycles. The normalized spacial score (nSPS) is 15.7. The van der Waals surface area contributed by atoms with E-state index in [0.717, 1.165) is 24.8 Å². The van der Waals surface area contributed by atoms with Crippen LogP contribution in [-0.2, 0) is 9.84 Å². The number of anilines is 1. The van der Waals surface area contributed by atoms with Gasteiger partial charge in [-0.25, -0.2) is 8.42 Å². The number of benzene rings is 1. The van der Waals surface area contributed by atoms with Gasteiger partial charge < -0.3 is 10.2 Å². The van der Waals surface area contributed by atoms with Crippen LogP contribution in [0.5, 0.6) is 0 Å². The average molecular weight is 282 g/mol. The second-order valence-corrected chi connectivity index (χ2v) is 7.34. The molecule has 1 saturated carbocycles. The summed E-state index contributed by atoms with van der Waals surface area (Å²) >= 11 is 0. The van der Waals surface area contributed by atoms with Gasteiger partial charge in [-0.2, -0.15) is 0 Å². The molecule has 1 aliphatic rings. The number of rotatable bonds is 7. The first-order valence-electron chi connectivity index (χ1n) is 6.80. The zero-order valence-corrected chi connectivity index (χ0v) is 12.4. The van der Waals surface area contributed by atoms with E-state index in [1.165, 1.54) is 12.8 Å². The van der Waals surface area contributed by atoms with Crippen molar-refractivity contribution >= 4 is 15.5 Å². The van der Waals surface area contributed by atoms with Crippen molar-refractivity contribution in [3.05, 3.63) is 24.3 Å². The van der Waals surface area contributed by atoms with Crippen LogP contribution in [0.25, 0.3) is 0 Å². The van der Waals surface area contributed by atoms with E-state index >= 15 is 0 Å². The predicted molar refractivity (Wildman–Crippen MR) is 78.3 cm³/mol. The van der Waals surface area contributed by atoms with E-state index in [4.69, 9.17) is 0 Å². The Kier molecular flexibility index (Phi) is 4.47. The largest absolute Gasteiger partial charge is 0.384 e. The molecule has 0 atom stereocenters. The van der Waals surface area contributed by atoms with Gasteiger partial charge >= 0.3 is 0 Å². The van der Waals surface area contributed by atoms with Gasteiger partial charge in [0.15, 0.2) is 9.84 Å². The van der Waals surface area contributed by atoms with Gasteiger partial charge in [0.1, 0.15) is 0 Å². The summed E-state index contributed by atoms with van der Waals surface area (Å²) in [5.74, 6) is 0.145. The Labute approximate surface area is 115 Å². The van der Waals surface area contributed by atoms with Gasteiger partial charge in [0.05, 0.1) is 10.6 Å². The number of nitrogens with one attached hydrogen (secondary N) is 1. The molecule has 1 aromatic rings. The van der Waals surface area contributed by atoms with Crippen molar-refractivity contribution in [1.29, 1.82) is 0 Å². The molecule has 2 rings (SSSR count). The monoisotopic (exact) mass is 282 g/mol. The SMILES string of the molecule is CCS(=O)(=O)c1ccc(NCCN(C)C2CC2)cc1. The lowest BCUT2D eigenvalue weighted by atomic mass is 10.3. The van der Waals surface area contributed by atoms with Crippen LogP contribution in [0, 0.1) is 0 Å². The second-order valence-electron chi connectivity index (χ2n) is 5.07. The van der Waals surface area contributed by atoms with Gasteiger partial charge in [-0.3, -0.25) is 0 Å². The Hall–Kier alpha value is -1.07. The number of hydrogen-bond donors (Lipinski definition) is 1. The number of hydrogen-bond acceptors (Lipinski definition) is 4. The Morgan fingerprint density at radius 1 is 1.26 bits per heavy atom. The van der Waals surface area contributed by atoms with E-state index in [2.05, 4.69) is 17.3 Å². The van der Waals surface area contributed by atoms with E-state index in [0.29, 0.717) is 4.90 Å². The fraction of sp³-hybridized carbons (Fsp3) is 0.571. The van der Waals surface area contributed by atoms with Crippen LogP contribution < -0.4 is 5.32 Å². The fourth-order valence-electron chi connectivity index (χ4n) is 2.02. The zero-order valence-electron chi connectivity index (χ0n) is 11.6. The molecule has 19 heavy (non-hydrogen) atoms. The summed E-state index contributed by atoms with van der Waals surface area (Å²) < 4.78 is 23.3. The summed E-state index contributed by atoms with van der Waals surface area (Å²) in [4.78, 5) is 2.76. The average Bonchev–Trinajstić information content (AvgIpc) is 3.23. The molecule has 0 heterocycles. The molecule has 0 unspecified atom stereocenters. The van der Waals surface area contributed by atoms with Crippen molar-refractivity contribution < 1.29 is 8.42 Å². The van der Waals surface area contributed by atoms with Crippen molar-refractivity contribution in [2.45, 2.75) is 30.7 Å². The highest BCUT2D eigenvalue weighted by Gasteiger charge is 2.25. The van der Waals surface area contributed by atoms with Gasteiger partial charge in [-0.1, -0.05) is 6.92 Å². The minimum absolute atomic E-state index is 0.145. The third-order valence-electron chi connectivity index (χ3n) is 3.56. The number of nitrogens with zero attached hydrogens (tertiary/aromatic N) is 1. The Bertz CT molecular complexity index is 507. The first kappa shape index (κ1) is 14.3. The summed E-state index contributed by atoms with van der Waals surface area (Å²) in [6.45, 7) is 3.56. The van der Waals surface area contributed by atoms with E-state index in [9.17, 15) is 8.42 Å². The lowest BCUT2D eigenvalue weighted by Crippen LogP contribution is -2.26. The van der Waals surface area contributed by atoms with Crippen molar-refractivity contribution in [2.24, 2.45) is 0 Å². The Morgan fingerprint density at radius 3 is 2.42 bits per heavy atom. The third kappa shape index (κ3) is 3.94. The molecule has 1 N–H and O–H groups in total. The molecular weight excluding hydrogens is 260 g/mol. The van der Waals surface area contributed by atoms with Crippen LogP contribution in [0.1, 0.15) is 19.8 Å². The maximum atomic E-state index is 11.7. The Morgan fingerprint density at radius 2 is 1.89 bits per heavy atom. The molecule has 0 aromatic heterocycles. The molecule has 106 valence electrons. The second kappa shape index (κ2) is 5.92. The first-order chi connectivity index (χ1) is 9.03. The minimum Gasteiger partial charge on any atom is -0.384 e. The molecule has 0 bridgehead atoms. The molecule has 0 amide bonds. The van der Waals surface area contributed by atoms with Crippen LogP contribution in [0.4, 0.5) is 5.69 Å². The first-order valence-corrected chi connectivity index (χ1v) is 8.45. The van der Waals surface area contributed by atoms with Crippen LogP contribution in [0.15, 0.2) is 29.2 Å². The third-order valence-corrected chi connectivity index (χ3v) is 5.31. The van der Waals surface area contributed by atoms with E-state index in [1.54, 1.807) is 19.1 Å². The predicted octanol–water partition coefficient (Wildman–Crippen LogP) is 1.99. The lowest BCUT2D eigenvalue weighted by molar-refractivity contribution is 0.337. The smallest absolute Gasteiger partial charge is 0.178 e. The summed E-state index contributed by atoms with van der Waals surface area (Å²) in [5.41, 5.74) is 0.972. The highest BCUT2D eigenvalue weighted by molar-refractivity contribution is 7.91. The van der Waals surface area contributed by atoms with Crippen molar-refractivity contribution in [3.8, 4) is 0 Å². The standard InChI is InChI=1S/C14H22N2O2S/c1-3-19(17,18)14-8-4-12(5-9-14)15-10-11-16(2)13-6-7-13/h4-5,8-9,13,15H,3,6-7,10-11H2,1-2H3. The number of sulfone groups is 1. The maximum absolute atomic E-state index is 11.7. The molecule has 5 heteroatoms. The zero-order chi connectivity index (χ0) is 13.9. The molecule has 1 aliphatic carbocycles. The summed E-state index contributed by atoms with van der Waals surface area (Å²) in [6.07, 6.45) is 2.64. The van der Waals surface area contributed by atoms with Crippen molar-refractivity contribution in [2.75, 3.05) is 31.2 Å². The topological polar surface area (TPSA) is 49.4 Å². The molecule has 0 radical (unpaired) electrons. The molecule has 0 aliphatic heterocycles. The molecule has 1 aromatic carbocycles. The highest BCUT2D eigenvalue weighted by Crippen LogP contribution is 2.24. The molecule has 4 nitrogen and oxygen atoms in total. The Balaban J connectivity index is 1.84. The van der Waals surface area contributed by atoms with E-state index in [-0.39, 0.29) is 5.75 Å². The van der Waals surface area contributed by atoms with Gasteiger partial charge in [0.25, 0.3) is 0 Å². The van der Waals surface area contributed by atoms with Gasteiger partial charge in [-0.05, 0) is 44.2 Å². The van der Waals surface area contributed by atoms with E-state index in [1.807, 2.05) is 12.1 Å². The van der Waals surface area contributed by atoms with E-state index < -0.39 is 9.84 Å². The van der Waals surface area contributed by atoms with Crippen LogP contribution >= 0.6 is 0 Å². The van der Waals surface area contributed by atoms with Crippen molar-refractivity contribution in [1.82, 2.24) is 4.90 Å². The summed E-state index contributed by atoms with van der Waals surface area (Å²) in [7, 11) is -0.939. The molecular formula is C14H22N2O2S. The van der Waals surface area contributed by atoms with Crippen LogP contribution in [-0.4, -0.2) is 45.2 Å². The summed E-state index contributed by atoms with van der Waals surface area (Å²) in [6, 6.07) is 7.79. The van der Waals surface area contributed by atoms with Crippen molar-refractivity contribution in [3.63, 3.8) is 0 Å². The molecule has 1 fully saturated rings. The molecule has 0 spiro atoms. The highest BCUT2D eigenvalue weighted by atomic mass is 32.2. The maximum Gasteiger partial charge on any atom is 0.178 e. The van der Waals surface area contributed by atoms with Gasteiger partial charge in [0.2, 0.25) is 0 Å². The lowest BCUT2D eigenvalue weighted by Gasteiger charge is -2.16. The minimum atomic E-state index is -3.09.